The lowest BCUT2D eigenvalue weighted by atomic mass is 10.1. The summed E-state index contributed by atoms with van der Waals surface area (Å²) in [7, 11) is 0. The molecular weight excluding hydrogens is 462 g/mol. The number of rotatable bonds is 9. The van der Waals surface area contributed by atoms with E-state index in [1.165, 1.54) is 0 Å². The van der Waals surface area contributed by atoms with Gasteiger partial charge in [0.1, 0.15) is 5.75 Å². The van der Waals surface area contributed by atoms with Gasteiger partial charge in [-0.15, -0.1) is 10.2 Å². The van der Waals surface area contributed by atoms with Crippen molar-refractivity contribution in [2.24, 2.45) is 0 Å². The summed E-state index contributed by atoms with van der Waals surface area (Å²) in [6, 6.07) is 22.6. The van der Waals surface area contributed by atoms with Gasteiger partial charge in [0, 0.05) is 21.8 Å². The Hall–Kier alpha value is -3.62. The Bertz CT molecular complexity index is 1230. The van der Waals surface area contributed by atoms with Gasteiger partial charge in [-0.05, 0) is 60.7 Å². The molecule has 1 N–H and O–H groups in total. The molecule has 33 heavy (non-hydrogen) atoms. The van der Waals surface area contributed by atoms with Crippen molar-refractivity contribution in [2.75, 3.05) is 11.1 Å². The fourth-order valence-electron chi connectivity index (χ4n) is 2.77. The number of hydrogen-bond donors (Lipinski definition) is 1. The van der Waals surface area contributed by atoms with Crippen LogP contribution in [0.25, 0.3) is 0 Å². The highest BCUT2D eigenvalue weighted by Gasteiger charge is 2.12. The highest BCUT2D eigenvalue weighted by molar-refractivity contribution is 7.99. The monoisotopic (exact) mass is 479 g/mol. The topological polar surface area (TPSA) is 94.3 Å². The first-order valence-electron chi connectivity index (χ1n) is 9.90. The number of thioether (sulfide) groups is 1. The number of ketones is 1. The summed E-state index contributed by atoms with van der Waals surface area (Å²) in [5.74, 6) is 0.759. The maximum atomic E-state index is 12.5. The maximum absolute atomic E-state index is 12.5. The van der Waals surface area contributed by atoms with Gasteiger partial charge in [-0.25, -0.2) is 0 Å². The molecule has 3 aromatic carbocycles. The predicted molar refractivity (Wildman–Crippen MR) is 126 cm³/mol. The third-order valence-corrected chi connectivity index (χ3v) is 5.52. The van der Waals surface area contributed by atoms with Gasteiger partial charge in [-0.3, -0.25) is 9.59 Å². The van der Waals surface area contributed by atoms with E-state index in [2.05, 4.69) is 15.5 Å². The van der Waals surface area contributed by atoms with Crippen molar-refractivity contribution < 1.29 is 18.7 Å². The second kappa shape index (κ2) is 10.8. The number of halogens is 1. The van der Waals surface area contributed by atoms with Crippen molar-refractivity contribution in [3.8, 4) is 5.75 Å². The van der Waals surface area contributed by atoms with Crippen LogP contribution < -0.4 is 10.1 Å². The van der Waals surface area contributed by atoms with E-state index in [1.54, 1.807) is 72.8 Å². The molecule has 0 bridgehead atoms. The molecule has 0 atom stereocenters. The number of carbonyl (C=O) groups excluding carboxylic acids is 2. The number of aromatic nitrogens is 2. The lowest BCUT2D eigenvalue weighted by molar-refractivity contribution is 0.101. The van der Waals surface area contributed by atoms with Crippen molar-refractivity contribution in [3.05, 3.63) is 101 Å². The van der Waals surface area contributed by atoms with E-state index in [0.29, 0.717) is 33.5 Å². The minimum atomic E-state index is -0.211. The Morgan fingerprint density at radius 3 is 2.36 bits per heavy atom. The number of nitrogens with one attached hydrogen (secondary N) is 1. The smallest absolute Gasteiger partial charge is 0.277 e. The summed E-state index contributed by atoms with van der Waals surface area (Å²) in [5, 5.41) is 11.6. The molecule has 0 spiro atoms. The first-order valence-corrected chi connectivity index (χ1v) is 11.3. The zero-order valence-electron chi connectivity index (χ0n) is 17.2. The SMILES string of the molecule is O=C(CSc1nnc(COc2ccc(Cl)cc2)o1)c1ccc(NC(=O)c2ccccc2)cc1. The standard InChI is InChI=1S/C24H18ClN3O4S/c25-18-8-12-20(13-9-18)31-14-22-27-28-24(32-22)33-15-21(29)16-6-10-19(11-7-16)26-23(30)17-4-2-1-3-5-17/h1-13H,14-15H2,(H,26,30). The van der Waals surface area contributed by atoms with Gasteiger partial charge in [0.2, 0.25) is 0 Å². The lowest BCUT2D eigenvalue weighted by Crippen LogP contribution is -2.11. The maximum Gasteiger partial charge on any atom is 0.277 e. The highest BCUT2D eigenvalue weighted by atomic mass is 35.5. The van der Waals surface area contributed by atoms with Gasteiger partial charge >= 0.3 is 0 Å². The molecule has 0 aliphatic heterocycles. The van der Waals surface area contributed by atoms with Gasteiger partial charge in [-0.1, -0.05) is 41.6 Å². The Balaban J connectivity index is 1.25. The van der Waals surface area contributed by atoms with Crippen LogP contribution in [0.15, 0.2) is 88.5 Å². The minimum absolute atomic E-state index is 0.0990. The number of ether oxygens (including phenoxy) is 1. The fourth-order valence-corrected chi connectivity index (χ4v) is 3.57. The molecule has 1 heterocycles. The van der Waals surface area contributed by atoms with Crippen LogP contribution in [0.1, 0.15) is 26.6 Å². The number of carbonyl (C=O) groups is 2. The molecule has 0 fully saturated rings. The molecule has 0 aliphatic rings. The van der Waals surface area contributed by atoms with Gasteiger partial charge in [0.05, 0.1) is 5.75 Å². The Labute approximate surface area is 199 Å². The molecule has 0 aliphatic carbocycles. The number of Topliss-reactive ketones (excluding diaryl/α,β-unsaturated/α-hetero) is 1. The van der Waals surface area contributed by atoms with E-state index in [4.69, 9.17) is 20.8 Å². The van der Waals surface area contributed by atoms with Crippen molar-refractivity contribution in [2.45, 2.75) is 11.8 Å². The molecular formula is C24H18ClN3O4S. The van der Waals surface area contributed by atoms with Crippen LogP contribution in [0.4, 0.5) is 5.69 Å². The second-order valence-electron chi connectivity index (χ2n) is 6.81. The zero-order valence-corrected chi connectivity index (χ0v) is 18.8. The number of amides is 1. The average molecular weight is 480 g/mol. The molecule has 4 aromatic rings. The van der Waals surface area contributed by atoms with Crippen LogP contribution in [0.2, 0.25) is 5.02 Å². The van der Waals surface area contributed by atoms with Crippen molar-refractivity contribution in [1.82, 2.24) is 10.2 Å². The van der Waals surface area contributed by atoms with E-state index in [9.17, 15) is 9.59 Å². The minimum Gasteiger partial charge on any atom is -0.484 e. The first-order chi connectivity index (χ1) is 16.1. The van der Waals surface area contributed by atoms with Crippen molar-refractivity contribution in [3.63, 3.8) is 0 Å². The molecule has 7 nitrogen and oxygen atoms in total. The number of anilines is 1. The highest BCUT2D eigenvalue weighted by Crippen LogP contribution is 2.21. The number of benzene rings is 3. The van der Waals surface area contributed by atoms with Crippen LogP contribution in [-0.4, -0.2) is 27.6 Å². The van der Waals surface area contributed by atoms with Gasteiger partial charge in [0.15, 0.2) is 12.4 Å². The van der Waals surface area contributed by atoms with Crippen LogP contribution in [0.3, 0.4) is 0 Å². The number of nitrogens with zero attached hydrogens (tertiary/aromatic N) is 2. The summed E-state index contributed by atoms with van der Waals surface area (Å²) >= 11 is 6.99. The summed E-state index contributed by atoms with van der Waals surface area (Å²) in [6.07, 6.45) is 0. The second-order valence-corrected chi connectivity index (χ2v) is 8.18. The third-order valence-electron chi connectivity index (χ3n) is 4.45. The summed E-state index contributed by atoms with van der Waals surface area (Å²) in [4.78, 5) is 24.7. The molecule has 4 rings (SSSR count). The van der Waals surface area contributed by atoms with Crippen LogP contribution in [0.5, 0.6) is 5.75 Å². The molecule has 0 saturated carbocycles. The van der Waals surface area contributed by atoms with Crippen molar-refractivity contribution >= 4 is 40.7 Å². The average Bonchev–Trinajstić information content (AvgIpc) is 3.31. The molecule has 0 unspecified atom stereocenters. The van der Waals surface area contributed by atoms with Crippen LogP contribution in [0, 0.1) is 0 Å². The lowest BCUT2D eigenvalue weighted by Gasteiger charge is -2.06. The van der Waals surface area contributed by atoms with E-state index < -0.39 is 0 Å². The van der Waals surface area contributed by atoms with Gasteiger partial charge < -0.3 is 14.5 Å². The van der Waals surface area contributed by atoms with E-state index in [-0.39, 0.29) is 29.3 Å². The van der Waals surface area contributed by atoms with E-state index >= 15 is 0 Å². The molecule has 9 heteroatoms. The molecule has 1 amide bonds. The fraction of sp³-hybridized carbons (Fsp3) is 0.0833. The Kier molecular flexibility index (Phi) is 7.39. The quantitative estimate of drug-likeness (QED) is 0.249. The largest absolute Gasteiger partial charge is 0.484 e. The summed E-state index contributed by atoms with van der Waals surface area (Å²) in [5.41, 5.74) is 1.69. The Morgan fingerprint density at radius 2 is 1.64 bits per heavy atom. The van der Waals surface area contributed by atoms with E-state index in [1.807, 2.05) is 6.07 Å². The zero-order chi connectivity index (χ0) is 23.0. The molecule has 166 valence electrons. The van der Waals surface area contributed by atoms with Gasteiger partial charge in [0.25, 0.3) is 17.0 Å². The van der Waals surface area contributed by atoms with Crippen molar-refractivity contribution in [1.29, 1.82) is 0 Å². The number of hydrogen-bond acceptors (Lipinski definition) is 7. The predicted octanol–water partition coefficient (Wildman–Crippen LogP) is 5.53. The van der Waals surface area contributed by atoms with Gasteiger partial charge in [-0.2, -0.15) is 0 Å². The summed E-state index contributed by atoms with van der Waals surface area (Å²) < 4.78 is 11.1. The molecule has 1 aromatic heterocycles. The normalized spacial score (nSPS) is 10.6. The Morgan fingerprint density at radius 1 is 0.909 bits per heavy atom. The molecule has 0 saturated heterocycles. The summed E-state index contributed by atoms with van der Waals surface area (Å²) in [6.45, 7) is 0.110. The third kappa shape index (κ3) is 6.44. The first kappa shape index (κ1) is 22.6. The van der Waals surface area contributed by atoms with Crippen LogP contribution >= 0.6 is 23.4 Å². The van der Waals surface area contributed by atoms with Crippen LogP contribution in [-0.2, 0) is 6.61 Å². The molecule has 0 radical (unpaired) electrons. The van der Waals surface area contributed by atoms with E-state index in [0.717, 1.165) is 11.8 Å².